The van der Waals surface area contributed by atoms with Crippen molar-refractivity contribution in [2.24, 2.45) is 27.9 Å². The van der Waals surface area contributed by atoms with Gasteiger partial charge < -0.3 is 5.73 Å². The normalized spacial score (nSPS) is 11.3. The van der Waals surface area contributed by atoms with Crippen LogP contribution in [0.3, 0.4) is 0 Å². The molecule has 0 fully saturated rings. The minimum absolute atomic E-state index is 0.363. The van der Waals surface area contributed by atoms with E-state index in [-0.39, 0.29) is 0 Å². The molecule has 2 N–H and O–H groups in total. The first-order valence-corrected chi connectivity index (χ1v) is 10.9. The maximum absolute atomic E-state index is 5.51. The standard InChI is InChI=1S/C9H21N.C8H18.C5H12.C3H6/c1-8(2,3)9(4,5)6-7-10;1-5-7-8(3,4)6-2;1-4-5(2)3;1-3-2/h6-7,10H2,1-5H3;5-7H2,1-4H3;5H,4H2,1-3H3;3H,1H2,2H3. The average molecular weight is 372 g/mol. The van der Waals surface area contributed by atoms with E-state index in [0.717, 1.165) is 18.9 Å². The molecule has 0 rings (SSSR count). The van der Waals surface area contributed by atoms with Crippen LogP contribution in [0.5, 0.6) is 0 Å². The maximum atomic E-state index is 5.51. The number of allylic oxidation sites excluding steroid dienone is 1. The molecule has 0 aromatic carbocycles. The Bertz CT molecular complexity index is 279. The van der Waals surface area contributed by atoms with E-state index in [4.69, 9.17) is 5.73 Å². The lowest BCUT2D eigenvalue weighted by atomic mass is 9.67. The zero-order chi connectivity index (χ0) is 22.0. The van der Waals surface area contributed by atoms with Crippen LogP contribution in [0.2, 0.25) is 0 Å². The van der Waals surface area contributed by atoms with Gasteiger partial charge in [0.1, 0.15) is 0 Å². The van der Waals surface area contributed by atoms with E-state index in [9.17, 15) is 0 Å². The molecule has 0 unspecified atom stereocenters. The van der Waals surface area contributed by atoms with E-state index in [2.05, 4.69) is 89.7 Å². The molecule has 0 aliphatic heterocycles. The van der Waals surface area contributed by atoms with Crippen molar-refractivity contribution >= 4 is 0 Å². The second-order valence-electron chi connectivity index (χ2n) is 10.2. The molecule has 0 saturated heterocycles. The maximum Gasteiger partial charge on any atom is -0.00720 e. The average Bonchev–Trinajstić information content (AvgIpc) is 2.48. The number of rotatable bonds is 6. The Balaban J connectivity index is -0.000000135. The lowest BCUT2D eigenvalue weighted by Gasteiger charge is -2.38. The molecule has 0 aromatic rings. The molecule has 0 atom stereocenters. The fraction of sp³-hybridized carbons (Fsp3) is 0.920. The number of hydrogen-bond acceptors (Lipinski definition) is 1. The lowest BCUT2D eigenvalue weighted by molar-refractivity contribution is 0.123. The Morgan fingerprint density at radius 1 is 0.885 bits per heavy atom. The van der Waals surface area contributed by atoms with E-state index < -0.39 is 0 Å². The number of nitrogens with two attached hydrogens (primary N) is 1. The summed E-state index contributed by atoms with van der Waals surface area (Å²) >= 11 is 0. The van der Waals surface area contributed by atoms with Crippen molar-refractivity contribution in [2.75, 3.05) is 6.54 Å². The zero-order valence-corrected chi connectivity index (χ0v) is 21.2. The van der Waals surface area contributed by atoms with Crippen molar-refractivity contribution in [2.45, 2.75) is 122 Å². The van der Waals surface area contributed by atoms with Gasteiger partial charge in [-0.05, 0) is 48.5 Å². The van der Waals surface area contributed by atoms with Gasteiger partial charge in [0.2, 0.25) is 0 Å². The van der Waals surface area contributed by atoms with Gasteiger partial charge in [-0.3, -0.25) is 0 Å². The summed E-state index contributed by atoms with van der Waals surface area (Å²) in [6.07, 6.45) is 8.15. The highest BCUT2D eigenvalue weighted by atomic mass is 14.5. The van der Waals surface area contributed by atoms with Crippen LogP contribution >= 0.6 is 0 Å². The molecule has 1 heteroatoms. The Morgan fingerprint density at radius 3 is 1.31 bits per heavy atom. The smallest absolute Gasteiger partial charge is 0.00720 e. The minimum atomic E-state index is 0.363. The topological polar surface area (TPSA) is 26.0 Å². The van der Waals surface area contributed by atoms with Gasteiger partial charge in [0.15, 0.2) is 0 Å². The third-order valence-corrected chi connectivity index (χ3v) is 5.50. The van der Waals surface area contributed by atoms with Crippen LogP contribution < -0.4 is 5.73 Å². The summed E-state index contributed by atoms with van der Waals surface area (Å²) in [6.45, 7) is 33.2. The van der Waals surface area contributed by atoms with Gasteiger partial charge in [-0.1, -0.05) is 108 Å². The molecular weight excluding hydrogens is 314 g/mol. The van der Waals surface area contributed by atoms with Crippen LogP contribution in [0, 0.1) is 22.2 Å². The predicted octanol–water partition coefficient (Wildman–Crippen LogP) is 8.87. The van der Waals surface area contributed by atoms with Gasteiger partial charge in [0.05, 0.1) is 0 Å². The first kappa shape index (κ1) is 33.3. The molecule has 0 aliphatic rings. The summed E-state index contributed by atoms with van der Waals surface area (Å²) in [7, 11) is 0. The van der Waals surface area contributed by atoms with Gasteiger partial charge in [0.25, 0.3) is 0 Å². The Morgan fingerprint density at radius 2 is 1.23 bits per heavy atom. The molecular formula is C25H57N. The van der Waals surface area contributed by atoms with Crippen molar-refractivity contribution in [3.05, 3.63) is 12.7 Å². The van der Waals surface area contributed by atoms with Crippen LogP contribution in [0.4, 0.5) is 0 Å². The Labute approximate surface area is 169 Å². The van der Waals surface area contributed by atoms with Crippen molar-refractivity contribution in [3.63, 3.8) is 0 Å². The van der Waals surface area contributed by atoms with Crippen LogP contribution in [0.25, 0.3) is 0 Å². The molecule has 0 bridgehead atoms. The first-order valence-electron chi connectivity index (χ1n) is 10.9. The molecule has 0 aliphatic carbocycles. The molecule has 26 heavy (non-hydrogen) atoms. The molecule has 0 saturated carbocycles. The van der Waals surface area contributed by atoms with E-state index in [1.165, 1.54) is 25.7 Å². The Kier molecular flexibility index (Phi) is 23.2. The number of hydrogen-bond donors (Lipinski definition) is 1. The van der Waals surface area contributed by atoms with Crippen LogP contribution in [-0.2, 0) is 0 Å². The molecule has 162 valence electrons. The predicted molar refractivity (Wildman–Crippen MR) is 127 cm³/mol. The summed E-state index contributed by atoms with van der Waals surface area (Å²) in [6, 6.07) is 0. The fourth-order valence-electron chi connectivity index (χ4n) is 1.59. The third kappa shape index (κ3) is 25.9. The monoisotopic (exact) mass is 371 g/mol. The zero-order valence-electron chi connectivity index (χ0n) is 21.2. The molecule has 1 nitrogen and oxygen atoms in total. The summed E-state index contributed by atoms with van der Waals surface area (Å²) < 4.78 is 0. The van der Waals surface area contributed by atoms with E-state index in [0.29, 0.717) is 16.2 Å². The second kappa shape index (κ2) is 18.1. The summed E-state index contributed by atoms with van der Waals surface area (Å²) in [5, 5.41) is 0. The van der Waals surface area contributed by atoms with Gasteiger partial charge in [-0.15, -0.1) is 6.58 Å². The lowest BCUT2D eigenvalue weighted by Crippen LogP contribution is -2.31. The van der Waals surface area contributed by atoms with E-state index >= 15 is 0 Å². The second-order valence-corrected chi connectivity index (χ2v) is 10.2. The molecule has 0 amide bonds. The summed E-state index contributed by atoms with van der Waals surface area (Å²) in [5.41, 5.74) is 6.83. The van der Waals surface area contributed by atoms with Gasteiger partial charge >= 0.3 is 0 Å². The summed E-state index contributed by atoms with van der Waals surface area (Å²) in [4.78, 5) is 0. The quantitative estimate of drug-likeness (QED) is 0.463. The van der Waals surface area contributed by atoms with Crippen molar-refractivity contribution in [3.8, 4) is 0 Å². The highest BCUT2D eigenvalue weighted by Gasteiger charge is 2.31. The van der Waals surface area contributed by atoms with E-state index in [1.54, 1.807) is 6.08 Å². The Hall–Kier alpha value is -0.300. The molecule has 0 aromatic heterocycles. The molecule has 0 radical (unpaired) electrons. The highest BCUT2D eigenvalue weighted by molar-refractivity contribution is 4.82. The van der Waals surface area contributed by atoms with Gasteiger partial charge in [-0.25, -0.2) is 0 Å². The van der Waals surface area contributed by atoms with Crippen molar-refractivity contribution < 1.29 is 0 Å². The van der Waals surface area contributed by atoms with E-state index in [1.807, 2.05) is 6.92 Å². The minimum Gasteiger partial charge on any atom is -0.330 e. The van der Waals surface area contributed by atoms with Crippen molar-refractivity contribution in [1.82, 2.24) is 0 Å². The largest absolute Gasteiger partial charge is 0.330 e. The summed E-state index contributed by atoms with van der Waals surface area (Å²) in [5.74, 6) is 0.884. The van der Waals surface area contributed by atoms with Crippen LogP contribution in [-0.4, -0.2) is 6.54 Å². The molecule has 0 spiro atoms. The van der Waals surface area contributed by atoms with Crippen LogP contribution in [0.1, 0.15) is 122 Å². The van der Waals surface area contributed by atoms with Gasteiger partial charge in [-0.2, -0.15) is 0 Å². The van der Waals surface area contributed by atoms with Gasteiger partial charge in [0, 0.05) is 0 Å². The molecule has 0 heterocycles. The van der Waals surface area contributed by atoms with Crippen LogP contribution in [0.15, 0.2) is 12.7 Å². The third-order valence-electron chi connectivity index (χ3n) is 5.50. The SMILES string of the molecule is C=CC.CC(C)(C)C(C)(C)CCN.CCC(C)C.CCCC(C)(C)CC. The first-order chi connectivity index (χ1) is 11.6. The highest BCUT2D eigenvalue weighted by Crippen LogP contribution is 2.40. The van der Waals surface area contributed by atoms with Crippen molar-refractivity contribution in [1.29, 1.82) is 0 Å². The fourth-order valence-corrected chi connectivity index (χ4v) is 1.59.